The normalized spacial score (nSPS) is 20.8. The van der Waals surface area contributed by atoms with Crippen molar-refractivity contribution < 1.29 is 24.2 Å². The van der Waals surface area contributed by atoms with Gasteiger partial charge in [0.15, 0.2) is 0 Å². The number of rotatable bonds is 6. The lowest BCUT2D eigenvalue weighted by Crippen LogP contribution is -2.59. The van der Waals surface area contributed by atoms with Gasteiger partial charge in [0.2, 0.25) is 0 Å². The topological polar surface area (TPSA) is 108 Å². The standard InChI is InChI=1S/C22H29N3O5/c1-21(2)12-16(13-22(3,4)24-21)30-20(29)14-5-7-15(8-6-14)23-17-11-18(27)25(9-10-26)19(17)28/h5-8,11,16,23-24,26H,9-10,12-13H2,1-4H3. The fourth-order valence-electron chi connectivity index (χ4n) is 4.29. The minimum atomic E-state index is -0.492. The molecule has 8 heteroatoms. The van der Waals surface area contributed by atoms with Crippen molar-refractivity contribution >= 4 is 23.5 Å². The zero-order chi connectivity index (χ0) is 22.1. The number of nitrogens with one attached hydrogen (secondary N) is 2. The molecule has 0 bridgehead atoms. The molecule has 0 atom stereocenters. The maximum absolute atomic E-state index is 12.6. The lowest BCUT2D eigenvalue weighted by atomic mass is 9.81. The third-order valence-corrected chi connectivity index (χ3v) is 5.16. The van der Waals surface area contributed by atoms with Gasteiger partial charge in [-0.2, -0.15) is 0 Å². The van der Waals surface area contributed by atoms with Gasteiger partial charge < -0.3 is 20.5 Å². The van der Waals surface area contributed by atoms with Crippen LogP contribution < -0.4 is 10.6 Å². The molecule has 1 saturated heterocycles. The van der Waals surface area contributed by atoms with E-state index < -0.39 is 11.8 Å². The fourth-order valence-corrected chi connectivity index (χ4v) is 4.29. The SMILES string of the molecule is CC1(C)CC(OC(=O)c2ccc(NC3=CC(=O)N(CCO)C3=O)cc2)CC(C)(C)N1. The van der Waals surface area contributed by atoms with Gasteiger partial charge in [0.25, 0.3) is 11.8 Å². The Kier molecular flexibility index (Phi) is 6.01. The molecule has 3 rings (SSSR count). The molecule has 1 aromatic rings. The van der Waals surface area contributed by atoms with Crippen LogP contribution in [0.5, 0.6) is 0 Å². The van der Waals surface area contributed by atoms with Gasteiger partial charge in [-0.05, 0) is 52.0 Å². The third-order valence-electron chi connectivity index (χ3n) is 5.16. The first-order valence-corrected chi connectivity index (χ1v) is 10.1. The lowest BCUT2D eigenvalue weighted by molar-refractivity contribution is -0.137. The summed E-state index contributed by atoms with van der Waals surface area (Å²) in [6.07, 6.45) is 2.49. The Hall–Kier alpha value is -2.71. The number of anilines is 1. The minimum Gasteiger partial charge on any atom is -0.459 e. The van der Waals surface area contributed by atoms with Crippen molar-refractivity contribution in [2.75, 3.05) is 18.5 Å². The highest BCUT2D eigenvalue weighted by atomic mass is 16.5. The predicted molar refractivity (Wildman–Crippen MR) is 112 cm³/mol. The van der Waals surface area contributed by atoms with Crippen molar-refractivity contribution in [1.82, 2.24) is 10.2 Å². The molecule has 0 unspecified atom stereocenters. The van der Waals surface area contributed by atoms with Gasteiger partial charge in [-0.25, -0.2) is 4.79 Å². The molecule has 2 aliphatic rings. The summed E-state index contributed by atoms with van der Waals surface area (Å²) in [6, 6.07) is 6.55. The first-order chi connectivity index (χ1) is 14.0. The van der Waals surface area contributed by atoms with Crippen molar-refractivity contribution in [3.8, 4) is 0 Å². The number of β-amino-alcohol motifs (C(OH)–C–C–N with tert-alkyl or cyclic N) is 1. The van der Waals surface area contributed by atoms with Gasteiger partial charge in [-0.3, -0.25) is 14.5 Å². The quantitative estimate of drug-likeness (QED) is 0.480. The molecule has 0 radical (unpaired) electrons. The summed E-state index contributed by atoms with van der Waals surface area (Å²) >= 11 is 0. The lowest BCUT2D eigenvalue weighted by Gasteiger charge is -2.45. The number of esters is 1. The molecule has 30 heavy (non-hydrogen) atoms. The highest BCUT2D eigenvalue weighted by Crippen LogP contribution is 2.31. The van der Waals surface area contributed by atoms with Gasteiger partial charge in [0.1, 0.15) is 11.8 Å². The highest BCUT2D eigenvalue weighted by Gasteiger charge is 2.39. The number of carbonyl (C=O) groups is 3. The van der Waals surface area contributed by atoms with Crippen LogP contribution in [-0.4, -0.2) is 58.1 Å². The van der Waals surface area contributed by atoms with Crippen LogP contribution in [0.25, 0.3) is 0 Å². The van der Waals surface area contributed by atoms with Gasteiger partial charge >= 0.3 is 5.97 Å². The number of aliphatic hydroxyl groups excluding tert-OH is 1. The van der Waals surface area contributed by atoms with Crippen LogP contribution in [0.4, 0.5) is 5.69 Å². The van der Waals surface area contributed by atoms with Crippen LogP contribution in [0, 0.1) is 0 Å². The molecule has 0 aromatic heterocycles. The van der Waals surface area contributed by atoms with E-state index in [-0.39, 0.29) is 42.0 Å². The van der Waals surface area contributed by atoms with Crippen LogP contribution in [-0.2, 0) is 14.3 Å². The summed E-state index contributed by atoms with van der Waals surface area (Å²) < 4.78 is 5.75. The Balaban J connectivity index is 1.62. The van der Waals surface area contributed by atoms with Crippen molar-refractivity contribution in [1.29, 1.82) is 0 Å². The van der Waals surface area contributed by atoms with E-state index in [1.54, 1.807) is 24.3 Å². The Labute approximate surface area is 176 Å². The number of amides is 2. The van der Waals surface area contributed by atoms with Crippen LogP contribution in [0.15, 0.2) is 36.0 Å². The predicted octanol–water partition coefficient (Wildman–Crippen LogP) is 1.81. The molecule has 162 valence electrons. The Bertz CT molecular complexity index is 857. The summed E-state index contributed by atoms with van der Waals surface area (Å²) in [7, 11) is 0. The summed E-state index contributed by atoms with van der Waals surface area (Å²) in [5, 5.41) is 15.4. The van der Waals surface area contributed by atoms with Crippen LogP contribution in [0.2, 0.25) is 0 Å². The monoisotopic (exact) mass is 415 g/mol. The van der Waals surface area contributed by atoms with E-state index in [0.717, 1.165) is 17.7 Å². The largest absolute Gasteiger partial charge is 0.459 e. The fraction of sp³-hybridized carbons (Fsp3) is 0.500. The van der Waals surface area contributed by atoms with Crippen LogP contribution in [0.1, 0.15) is 50.9 Å². The number of hydrogen-bond acceptors (Lipinski definition) is 7. The number of piperidine rings is 1. The average molecular weight is 415 g/mol. The van der Waals surface area contributed by atoms with Crippen molar-refractivity contribution in [2.45, 2.75) is 57.7 Å². The van der Waals surface area contributed by atoms with Crippen LogP contribution in [0.3, 0.4) is 0 Å². The van der Waals surface area contributed by atoms with E-state index in [9.17, 15) is 14.4 Å². The van der Waals surface area contributed by atoms with Gasteiger partial charge in [-0.15, -0.1) is 0 Å². The molecule has 1 aromatic carbocycles. The molecule has 1 fully saturated rings. The van der Waals surface area contributed by atoms with E-state index in [1.165, 1.54) is 6.08 Å². The molecule has 2 amide bonds. The number of carbonyl (C=O) groups excluding carboxylic acids is 3. The molecule has 2 aliphatic heterocycles. The molecule has 0 spiro atoms. The smallest absolute Gasteiger partial charge is 0.338 e. The summed E-state index contributed by atoms with van der Waals surface area (Å²) in [5.74, 6) is -1.35. The van der Waals surface area contributed by atoms with Crippen molar-refractivity contribution in [3.63, 3.8) is 0 Å². The number of benzene rings is 1. The number of hydrogen-bond donors (Lipinski definition) is 3. The summed E-state index contributed by atoms with van der Waals surface area (Å²) in [6.45, 7) is 8.05. The molecular formula is C22H29N3O5. The van der Waals surface area contributed by atoms with E-state index in [1.807, 2.05) is 0 Å². The first kappa shape index (κ1) is 22.0. The van der Waals surface area contributed by atoms with Gasteiger partial charge in [-0.1, -0.05) is 0 Å². The third kappa shape index (κ3) is 5.06. The molecule has 8 nitrogen and oxygen atoms in total. The zero-order valence-corrected chi connectivity index (χ0v) is 17.8. The number of ether oxygens (including phenoxy) is 1. The molecule has 0 saturated carbocycles. The Morgan fingerprint density at radius 2 is 1.77 bits per heavy atom. The first-order valence-electron chi connectivity index (χ1n) is 10.1. The zero-order valence-electron chi connectivity index (χ0n) is 17.8. The second-order valence-electron chi connectivity index (χ2n) is 9.11. The average Bonchev–Trinajstić information content (AvgIpc) is 2.87. The Morgan fingerprint density at radius 1 is 1.17 bits per heavy atom. The number of aliphatic hydroxyl groups is 1. The van der Waals surface area contributed by atoms with Crippen molar-refractivity contribution in [3.05, 3.63) is 41.6 Å². The van der Waals surface area contributed by atoms with Crippen LogP contribution >= 0.6 is 0 Å². The highest BCUT2D eigenvalue weighted by molar-refractivity contribution is 6.17. The van der Waals surface area contributed by atoms with E-state index in [4.69, 9.17) is 9.84 Å². The van der Waals surface area contributed by atoms with Gasteiger partial charge in [0, 0.05) is 35.7 Å². The number of imide groups is 1. The molecule has 0 aliphatic carbocycles. The molecule has 3 N–H and O–H groups in total. The number of nitrogens with zero attached hydrogens (tertiary/aromatic N) is 1. The summed E-state index contributed by atoms with van der Waals surface area (Å²) in [4.78, 5) is 37.6. The summed E-state index contributed by atoms with van der Waals surface area (Å²) in [5.41, 5.74) is 0.864. The van der Waals surface area contributed by atoms with E-state index >= 15 is 0 Å². The Morgan fingerprint density at radius 3 is 2.33 bits per heavy atom. The van der Waals surface area contributed by atoms with E-state index in [2.05, 4.69) is 38.3 Å². The molecular weight excluding hydrogens is 386 g/mol. The van der Waals surface area contributed by atoms with Gasteiger partial charge in [0.05, 0.1) is 18.7 Å². The van der Waals surface area contributed by atoms with Crippen molar-refractivity contribution in [2.24, 2.45) is 0 Å². The second kappa shape index (κ2) is 8.20. The maximum Gasteiger partial charge on any atom is 0.338 e. The molecule has 2 heterocycles. The van der Waals surface area contributed by atoms with E-state index in [0.29, 0.717) is 11.3 Å². The maximum atomic E-state index is 12.6. The minimum absolute atomic E-state index is 0.0472. The second-order valence-corrected chi connectivity index (χ2v) is 9.11.